The van der Waals surface area contributed by atoms with Crippen molar-refractivity contribution in [2.45, 2.75) is 0 Å². The van der Waals surface area contributed by atoms with Gasteiger partial charge in [-0.2, -0.15) is 0 Å². The monoisotopic (exact) mass is 550 g/mol. The van der Waals surface area contributed by atoms with Crippen LogP contribution < -0.4 is 18.9 Å². The number of carbonyl (C=O) groups is 2. The zero-order valence-corrected chi connectivity index (χ0v) is 20.1. The summed E-state index contributed by atoms with van der Waals surface area (Å²) in [6, 6.07) is 15.2. The van der Waals surface area contributed by atoms with Gasteiger partial charge < -0.3 is 15.3 Å². The Hall–Kier alpha value is -1.18. The van der Waals surface area contributed by atoms with Crippen LogP contribution in [0.25, 0.3) is 20.2 Å². The Morgan fingerprint density at radius 2 is 1.31 bits per heavy atom. The molecule has 0 atom stereocenters. The second-order valence-corrected chi connectivity index (χ2v) is 9.38. The van der Waals surface area contributed by atoms with Crippen LogP contribution in [0.4, 0.5) is 0 Å². The Morgan fingerprint density at radius 1 is 0.862 bits per heavy atom. The van der Waals surface area contributed by atoms with E-state index in [1.807, 2.05) is 42.5 Å². The number of hydrogen-bond acceptors (Lipinski definition) is 6. The van der Waals surface area contributed by atoms with Crippen LogP contribution in [0.2, 0.25) is 0 Å². The van der Waals surface area contributed by atoms with Gasteiger partial charge in [-0.3, -0.25) is 0 Å². The molecule has 0 saturated heterocycles. The predicted octanol–water partition coefficient (Wildman–Crippen LogP) is 3.64. The molecule has 2 aromatic carbocycles. The minimum atomic E-state index is -0.864. The Bertz CT molecular complexity index is 1160. The SMILES string of the molecule is COC(=O)c1cc2ccc(Br)cc2s1.O=C(O)c1cc2ccc(Br)cc2s1.[Li+].[OH-]. The zero-order valence-electron chi connectivity index (χ0n) is 15.3. The van der Waals surface area contributed by atoms with Crippen molar-refractivity contribution in [3.8, 4) is 0 Å². The van der Waals surface area contributed by atoms with E-state index in [0.29, 0.717) is 9.75 Å². The number of methoxy groups -OCH3 is 1. The summed E-state index contributed by atoms with van der Waals surface area (Å²) in [7, 11) is 1.39. The first kappa shape index (κ1) is 25.9. The molecule has 0 aliphatic heterocycles. The molecule has 0 radical (unpaired) electrons. The summed E-state index contributed by atoms with van der Waals surface area (Å²) < 4.78 is 8.72. The van der Waals surface area contributed by atoms with Crippen LogP contribution in [-0.4, -0.2) is 29.6 Å². The topological polar surface area (TPSA) is 93.6 Å². The summed E-state index contributed by atoms with van der Waals surface area (Å²) in [6.07, 6.45) is 0. The van der Waals surface area contributed by atoms with Crippen molar-refractivity contribution >= 4 is 86.6 Å². The molecule has 5 nitrogen and oxygen atoms in total. The third-order valence-electron chi connectivity index (χ3n) is 3.56. The maximum absolute atomic E-state index is 11.2. The van der Waals surface area contributed by atoms with E-state index in [0.717, 1.165) is 29.1 Å². The number of halogens is 2. The third kappa shape index (κ3) is 6.40. The van der Waals surface area contributed by atoms with Gasteiger partial charge in [0.25, 0.3) is 0 Å². The van der Waals surface area contributed by atoms with Crippen LogP contribution in [0.15, 0.2) is 57.5 Å². The number of aromatic carboxylic acids is 1. The largest absolute Gasteiger partial charge is 1.00 e. The number of esters is 1. The van der Waals surface area contributed by atoms with E-state index in [1.165, 1.54) is 29.8 Å². The number of thiophene rings is 2. The first-order valence-corrected chi connectivity index (χ1v) is 10.8. The van der Waals surface area contributed by atoms with E-state index in [2.05, 4.69) is 36.6 Å². The maximum atomic E-state index is 11.2. The van der Waals surface area contributed by atoms with Crippen molar-refractivity contribution in [3.05, 3.63) is 67.2 Å². The van der Waals surface area contributed by atoms with Gasteiger partial charge in [0.1, 0.15) is 9.75 Å². The van der Waals surface area contributed by atoms with E-state index in [1.54, 1.807) is 6.07 Å². The first-order valence-electron chi connectivity index (χ1n) is 7.57. The molecule has 4 aromatic rings. The van der Waals surface area contributed by atoms with Gasteiger partial charge in [-0.1, -0.05) is 44.0 Å². The summed E-state index contributed by atoms with van der Waals surface area (Å²) in [6.45, 7) is 0. The molecule has 0 bridgehead atoms. The standard InChI is InChI=1S/C10H7BrO2S.C9H5BrO2S.Li.H2O/c1-13-10(12)9-4-6-2-3-7(11)5-8(6)14-9;10-6-2-1-5-3-8(9(11)12)13-7(5)4-6;;/h2-5H,1H3;1-4H,(H,11,12);;1H2/q;;+1;/p-1. The maximum Gasteiger partial charge on any atom is 1.00 e. The average molecular weight is 552 g/mol. The normalized spacial score (nSPS) is 9.76. The molecule has 2 heterocycles. The average Bonchev–Trinajstić information content (AvgIpc) is 3.24. The van der Waals surface area contributed by atoms with Crippen LogP contribution in [0, 0.1) is 0 Å². The van der Waals surface area contributed by atoms with Gasteiger partial charge >= 0.3 is 30.8 Å². The molecule has 2 aromatic heterocycles. The quantitative estimate of drug-likeness (QED) is 0.303. The Balaban J connectivity index is 0.000000272. The molecular formula is C19H13Br2LiO5S2. The fraction of sp³-hybridized carbons (Fsp3) is 0.0526. The number of carboxylic acid groups (broad SMARTS) is 1. The van der Waals surface area contributed by atoms with Crippen molar-refractivity contribution in [2.75, 3.05) is 7.11 Å². The summed E-state index contributed by atoms with van der Waals surface area (Å²) in [5.74, 6) is -1.14. The van der Waals surface area contributed by atoms with Gasteiger partial charge in [-0.05, 0) is 47.2 Å². The molecule has 0 saturated carbocycles. The van der Waals surface area contributed by atoms with E-state index in [-0.39, 0.29) is 30.3 Å². The fourth-order valence-electron chi connectivity index (χ4n) is 2.32. The molecule has 2 N–H and O–H groups in total. The molecule has 29 heavy (non-hydrogen) atoms. The van der Waals surface area contributed by atoms with Crippen LogP contribution >= 0.6 is 54.5 Å². The van der Waals surface area contributed by atoms with Crippen molar-refractivity contribution in [2.24, 2.45) is 0 Å². The number of carbonyl (C=O) groups excluding carboxylic acids is 1. The fourth-order valence-corrected chi connectivity index (χ4v) is 5.30. The number of ether oxygens (including phenoxy) is 1. The van der Waals surface area contributed by atoms with Crippen molar-refractivity contribution in [1.82, 2.24) is 0 Å². The van der Waals surface area contributed by atoms with Gasteiger partial charge in [0, 0.05) is 18.3 Å². The first-order chi connectivity index (χ1) is 12.9. The molecule has 10 heteroatoms. The van der Waals surface area contributed by atoms with Crippen molar-refractivity contribution in [3.63, 3.8) is 0 Å². The minimum Gasteiger partial charge on any atom is -0.870 e. The zero-order chi connectivity index (χ0) is 19.6. The van der Waals surface area contributed by atoms with Gasteiger partial charge in [-0.15, -0.1) is 22.7 Å². The number of rotatable bonds is 2. The second kappa shape index (κ2) is 11.3. The number of hydrogen-bond donors (Lipinski definition) is 1. The van der Waals surface area contributed by atoms with Crippen LogP contribution in [0.5, 0.6) is 0 Å². The molecule has 0 aliphatic rings. The Morgan fingerprint density at radius 3 is 1.76 bits per heavy atom. The van der Waals surface area contributed by atoms with Gasteiger partial charge in [0.2, 0.25) is 0 Å². The predicted molar refractivity (Wildman–Crippen MR) is 119 cm³/mol. The van der Waals surface area contributed by atoms with E-state index in [9.17, 15) is 9.59 Å². The number of fused-ring (bicyclic) bond motifs is 2. The summed E-state index contributed by atoms with van der Waals surface area (Å²) in [4.78, 5) is 22.9. The minimum absolute atomic E-state index is 0. The van der Waals surface area contributed by atoms with Crippen LogP contribution in [0.3, 0.4) is 0 Å². The van der Waals surface area contributed by atoms with Gasteiger partial charge in [0.05, 0.1) is 7.11 Å². The number of carboxylic acids is 1. The molecule has 0 amide bonds. The molecule has 146 valence electrons. The van der Waals surface area contributed by atoms with E-state index >= 15 is 0 Å². The molecule has 0 unspecified atom stereocenters. The Labute approximate surface area is 203 Å². The molecule has 0 fully saturated rings. The van der Waals surface area contributed by atoms with Gasteiger partial charge in [0.15, 0.2) is 0 Å². The van der Waals surface area contributed by atoms with Crippen molar-refractivity contribution in [1.29, 1.82) is 0 Å². The van der Waals surface area contributed by atoms with Crippen molar-refractivity contribution < 1.29 is 43.8 Å². The smallest absolute Gasteiger partial charge is 0.870 e. The van der Waals surface area contributed by atoms with Crippen LogP contribution in [0.1, 0.15) is 19.3 Å². The third-order valence-corrected chi connectivity index (χ3v) is 6.71. The Kier molecular flexibility index (Phi) is 10.1. The summed E-state index contributed by atoms with van der Waals surface area (Å²) in [5.41, 5.74) is 0. The second-order valence-electron chi connectivity index (χ2n) is 5.38. The molecule has 0 aliphatic carbocycles. The summed E-state index contributed by atoms with van der Waals surface area (Å²) >= 11 is 9.45. The van der Waals surface area contributed by atoms with Gasteiger partial charge in [-0.25, -0.2) is 9.59 Å². The van der Waals surface area contributed by atoms with E-state index < -0.39 is 5.97 Å². The van der Waals surface area contributed by atoms with Crippen LogP contribution in [-0.2, 0) is 4.74 Å². The number of benzene rings is 2. The van der Waals surface area contributed by atoms with E-state index in [4.69, 9.17) is 5.11 Å². The molecule has 4 rings (SSSR count). The summed E-state index contributed by atoms with van der Waals surface area (Å²) in [5, 5.41) is 10.8. The molecular weight excluding hydrogens is 539 g/mol. The molecule has 0 spiro atoms.